The Bertz CT molecular complexity index is 821. The molecule has 1 saturated heterocycles. The third kappa shape index (κ3) is 2.99. The van der Waals surface area contributed by atoms with Crippen molar-refractivity contribution >= 4 is 17.5 Å². The molecule has 0 amide bonds. The smallest absolute Gasteiger partial charge is 0.225 e. The Morgan fingerprint density at radius 3 is 2.79 bits per heavy atom. The topological polar surface area (TPSA) is 55.1 Å². The van der Waals surface area contributed by atoms with Crippen LogP contribution in [0.3, 0.4) is 0 Å². The van der Waals surface area contributed by atoms with Gasteiger partial charge in [0.25, 0.3) is 0 Å². The fraction of sp³-hybridized carbons (Fsp3) is 0.278. The molecule has 0 saturated carbocycles. The van der Waals surface area contributed by atoms with E-state index < -0.39 is 0 Å². The number of rotatable bonds is 4. The maximum atomic E-state index is 6.22. The van der Waals surface area contributed by atoms with Gasteiger partial charge in [-0.25, -0.2) is 15.0 Å². The monoisotopic (exact) mass is 340 g/mol. The molecular formula is C18H17ClN4O. The number of nitrogens with zero attached hydrogens (tertiary/aromatic N) is 4. The molecule has 6 heteroatoms. The lowest BCUT2D eigenvalue weighted by atomic mass is 10.1. The van der Waals surface area contributed by atoms with Crippen molar-refractivity contribution in [1.82, 2.24) is 15.0 Å². The number of oxazole rings is 1. The lowest BCUT2D eigenvalue weighted by molar-refractivity contribution is 0.423. The summed E-state index contributed by atoms with van der Waals surface area (Å²) in [6.07, 6.45) is 8.02. The molecule has 0 bridgehead atoms. The van der Waals surface area contributed by atoms with Crippen molar-refractivity contribution in [2.75, 3.05) is 11.4 Å². The van der Waals surface area contributed by atoms with E-state index in [-0.39, 0.29) is 6.04 Å². The summed E-state index contributed by atoms with van der Waals surface area (Å²) in [5, 5.41) is 0.746. The summed E-state index contributed by atoms with van der Waals surface area (Å²) < 4.78 is 6.01. The van der Waals surface area contributed by atoms with Gasteiger partial charge < -0.3 is 9.32 Å². The summed E-state index contributed by atoms with van der Waals surface area (Å²) in [5.74, 6) is 2.27. The van der Waals surface area contributed by atoms with Crippen LogP contribution in [-0.4, -0.2) is 21.5 Å². The minimum atomic E-state index is 0.0902. The second kappa shape index (κ2) is 6.61. The Morgan fingerprint density at radius 1 is 1.12 bits per heavy atom. The number of anilines is 1. The second-order valence-electron chi connectivity index (χ2n) is 5.83. The lowest BCUT2D eigenvalue weighted by Crippen LogP contribution is -2.24. The van der Waals surface area contributed by atoms with Gasteiger partial charge in [0, 0.05) is 30.4 Å². The fourth-order valence-corrected chi connectivity index (χ4v) is 3.29. The van der Waals surface area contributed by atoms with Crippen molar-refractivity contribution in [3.8, 4) is 0 Å². The van der Waals surface area contributed by atoms with Crippen LogP contribution in [0, 0.1) is 0 Å². The van der Waals surface area contributed by atoms with Crippen molar-refractivity contribution in [2.45, 2.75) is 25.3 Å². The molecule has 4 rings (SSSR count). The Morgan fingerprint density at radius 2 is 1.96 bits per heavy atom. The van der Waals surface area contributed by atoms with Gasteiger partial charge in [0.15, 0.2) is 0 Å². The van der Waals surface area contributed by atoms with Crippen LogP contribution in [0.1, 0.15) is 36.1 Å². The van der Waals surface area contributed by atoms with Crippen LogP contribution in [0.4, 0.5) is 5.95 Å². The van der Waals surface area contributed by atoms with Gasteiger partial charge in [0.2, 0.25) is 11.8 Å². The maximum absolute atomic E-state index is 6.22. The highest BCUT2D eigenvalue weighted by molar-refractivity contribution is 6.31. The van der Waals surface area contributed by atoms with Crippen molar-refractivity contribution < 1.29 is 4.42 Å². The number of hydrogen-bond donors (Lipinski definition) is 0. The van der Waals surface area contributed by atoms with Gasteiger partial charge in [0.05, 0.1) is 6.20 Å². The minimum absolute atomic E-state index is 0.0902. The molecule has 122 valence electrons. The van der Waals surface area contributed by atoms with Gasteiger partial charge in [-0.15, -0.1) is 0 Å². The highest BCUT2D eigenvalue weighted by atomic mass is 35.5. The van der Waals surface area contributed by atoms with Crippen molar-refractivity contribution in [3.05, 3.63) is 71.2 Å². The molecule has 1 atom stereocenters. The van der Waals surface area contributed by atoms with E-state index in [9.17, 15) is 0 Å². The minimum Gasteiger partial charge on any atom is -0.443 e. The average molecular weight is 341 g/mol. The molecule has 1 aliphatic rings. The van der Waals surface area contributed by atoms with Gasteiger partial charge in [-0.05, 0) is 30.5 Å². The molecule has 24 heavy (non-hydrogen) atoms. The predicted octanol–water partition coefficient (Wildman–Crippen LogP) is 4.05. The van der Waals surface area contributed by atoms with Crippen LogP contribution in [0.2, 0.25) is 5.02 Å². The van der Waals surface area contributed by atoms with E-state index in [0.29, 0.717) is 6.42 Å². The van der Waals surface area contributed by atoms with Crippen LogP contribution < -0.4 is 4.90 Å². The number of aromatic nitrogens is 3. The molecular weight excluding hydrogens is 324 g/mol. The maximum Gasteiger partial charge on any atom is 0.225 e. The molecule has 0 radical (unpaired) electrons. The summed E-state index contributed by atoms with van der Waals surface area (Å²) in [6, 6.07) is 9.70. The summed E-state index contributed by atoms with van der Waals surface area (Å²) >= 11 is 6.22. The third-order valence-corrected chi connectivity index (χ3v) is 4.61. The third-order valence-electron chi connectivity index (χ3n) is 4.24. The lowest BCUT2D eigenvalue weighted by Gasteiger charge is -2.21. The fourth-order valence-electron chi connectivity index (χ4n) is 3.09. The zero-order valence-corrected chi connectivity index (χ0v) is 13.9. The quantitative estimate of drug-likeness (QED) is 0.717. The molecule has 1 aliphatic heterocycles. The highest BCUT2D eigenvalue weighted by Crippen LogP contribution is 2.34. The van der Waals surface area contributed by atoms with E-state index in [1.165, 1.54) is 0 Å². The molecule has 1 aromatic carbocycles. The van der Waals surface area contributed by atoms with Crippen LogP contribution in [0.5, 0.6) is 0 Å². The SMILES string of the molecule is Clc1ccccc1Cc1cnc([C@H]2CCCN2c2ncccn2)o1. The van der Waals surface area contributed by atoms with Gasteiger partial charge in [-0.3, -0.25) is 0 Å². The van der Waals surface area contributed by atoms with E-state index in [2.05, 4.69) is 19.9 Å². The van der Waals surface area contributed by atoms with Crippen LogP contribution >= 0.6 is 11.6 Å². The van der Waals surface area contributed by atoms with Gasteiger partial charge in [-0.1, -0.05) is 29.8 Å². The molecule has 0 spiro atoms. The molecule has 2 aromatic heterocycles. The number of halogens is 1. The van der Waals surface area contributed by atoms with E-state index in [1.807, 2.05) is 30.3 Å². The molecule has 1 fully saturated rings. The van der Waals surface area contributed by atoms with Gasteiger partial charge >= 0.3 is 0 Å². The zero-order valence-electron chi connectivity index (χ0n) is 13.1. The van der Waals surface area contributed by atoms with E-state index in [1.54, 1.807) is 18.6 Å². The summed E-state index contributed by atoms with van der Waals surface area (Å²) in [5.41, 5.74) is 1.04. The first kappa shape index (κ1) is 15.1. The Kier molecular flexibility index (Phi) is 4.17. The molecule has 3 aromatic rings. The Hall–Kier alpha value is -2.40. The predicted molar refractivity (Wildman–Crippen MR) is 92.1 cm³/mol. The first-order valence-electron chi connectivity index (χ1n) is 8.03. The number of hydrogen-bond acceptors (Lipinski definition) is 5. The largest absolute Gasteiger partial charge is 0.443 e. The molecule has 0 unspecified atom stereocenters. The first-order valence-corrected chi connectivity index (χ1v) is 8.41. The van der Waals surface area contributed by atoms with Gasteiger partial charge in [0.1, 0.15) is 11.8 Å². The first-order chi connectivity index (χ1) is 11.8. The van der Waals surface area contributed by atoms with Crippen molar-refractivity contribution in [2.24, 2.45) is 0 Å². The average Bonchev–Trinajstić information content (AvgIpc) is 3.27. The molecule has 0 aliphatic carbocycles. The van der Waals surface area contributed by atoms with E-state index in [4.69, 9.17) is 16.0 Å². The van der Waals surface area contributed by atoms with E-state index in [0.717, 1.165) is 47.6 Å². The van der Waals surface area contributed by atoms with Crippen LogP contribution in [0.25, 0.3) is 0 Å². The molecule has 3 heterocycles. The molecule has 5 nitrogen and oxygen atoms in total. The standard InChI is InChI=1S/C18H17ClN4O/c19-15-6-2-1-5-13(15)11-14-12-22-17(24-14)16-7-3-10-23(16)18-20-8-4-9-21-18/h1-2,4-6,8-9,12,16H,3,7,10-11H2/t16-/m1/s1. The highest BCUT2D eigenvalue weighted by Gasteiger charge is 2.31. The second-order valence-corrected chi connectivity index (χ2v) is 6.24. The van der Waals surface area contributed by atoms with Gasteiger partial charge in [-0.2, -0.15) is 0 Å². The van der Waals surface area contributed by atoms with E-state index >= 15 is 0 Å². The summed E-state index contributed by atoms with van der Waals surface area (Å²) in [7, 11) is 0. The summed E-state index contributed by atoms with van der Waals surface area (Å²) in [4.78, 5) is 15.4. The normalized spacial score (nSPS) is 17.4. The molecule has 0 N–H and O–H groups in total. The van der Waals surface area contributed by atoms with Crippen molar-refractivity contribution in [3.63, 3.8) is 0 Å². The Balaban J connectivity index is 1.55. The Labute approximate surface area is 145 Å². The van der Waals surface area contributed by atoms with Crippen molar-refractivity contribution in [1.29, 1.82) is 0 Å². The van der Waals surface area contributed by atoms with Crippen LogP contribution in [0.15, 0.2) is 53.3 Å². The van der Waals surface area contributed by atoms with Crippen LogP contribution in [-0.2, 0) is 6.42 Å². The summed E-state index contributed by atoms with van der Waals surface area (Å²) in [6.45, 7) is 0.914. The number of benzene rings is 1. The zero-order chi connectivity index (χ0) is 16.4.